The summed E-state index contributed by atoms with van der Waals surface area (Å²) in [6.07, 6.45) is 11.5. The predicted octanol–water partition coefficient (Wildman–Crippen LogP) is 4.81. The Bertz CT molecular complexity index is 124. The zero-order chi connectivity index (χ0) is 10.1. The van der Waals surface area contributed by atoms with Crippen LogP contribution in [0.2, 0.25) is 0 Å². The highest BCUT2D eigenvalue weighted by Gasteiger charge is 2.07. The molecule has 0 saturated carbocycles. The van der Waals surface area contributed by atoms with E-state index >= 15 is 0 Å². The molecule has 0 bridgehead atoms. The summed E-state index contributed by atoms with van der Waals surface area (Å²) in [4.78, 5) is 0. The van der Waals surface area contributed by atoms with E-state index in [-0.39, 0.29) is 0 Å². The summed E-state index contributed by atoms with van der Waals surface area (Å²) in [5.41, 5.74) is 0. The average molecular weight is 182 g/mol. The molecule has 0 fully saturated rings. The van der Waals surface area contributed by atoms with E-state index in [1.807, 2.05) is 0 Å². The van der Waals surface area contributed by atoms with Gasteiger partial charge in [-0.1, -0.05) is 65.0 Å². The third-order valence-electron chi connectivity index (χ3n) is 2.91. The second-order valence-electron chi connectivity index (χ2n) is 4.21. The van der Waals surface area contributed by atoms with Crippen LogP contribution < -0.4 is 0 Å². The van der Waals surface area contributed by atoms with E-state index in [0.717, 1.165) is 11.8 Å². The molecule has 0 saturated heterocycles. The van der Waals surface area contributed by atoms with Crippen LogP contribution in [-0.4, -0.2) is 0 Å². The smallest absolute Gasteiger partial charge is 0.0236 e. The zero-order valence-corrected chi connectivity index (χ0v) is 9.84. The van der Waals surface area contributed by atoms with Gasteiger partial charge < -0.3 is 0 Å². The lowest BCUT2D eigenvalue weighted by molar-refractivity contribution is 0.406. The highest BCUT2D eigenvalue weighted by Crippen LogP contribution is 2.19. The fraction of sp³-hybridized carbons (Fsp3) is 0.846. The van der Waals surface area contributed by atoms with Crippen molar-refractivity contribution in [1.82, 2.24) is 0 Å². The second kappa shape index (κ2) is 8.34. The topological polar surface area (TPSA) is 0 Å². The fourth-order valence-electron chi connectivity index (χ4n) is 1.65. The van der Waals surface area contributed by atoms with Gasteiger partial charge in [-0.3, -0.25) is 0 Å². The molecule has 0 N–H and O–H groups in total. The van der Waals surface area contributed by atoms with Crippen LogP contribution in [0.15, 0.2) is 12.2 Å². The molecule has 0 aromatic carbocycles. The van der Waals surface area contributed by atoms with Crippen molar-refractivity contribution in [2.24, 2.45) is 11.8 Å². The predicted molar refractivity (Wildman–Crippen MR) is 61.9 cm³/mol. The van der Waals surface area contributed by atoms with E-state index in [2.05, 4.69) is 39.8 Å². The molecule has 0 radical (unpaired) electrons. The summed E-state index contributed by atoms with van der Waals surface area (Å²) in [7, 11) is 0. The number of allylic oxidation sites excluding steroid dienone is 2. The molecule has 0 spiro atoms. The third-order valence-corrected chi connectivity index (χ3v) is 2.91. The molecule has 0 heterocycles. The van der Waals surface area contributed by atoms with Gasteiger partial charge in [0, 0.05) is 0 Å². The van der Waals surface area contributed by atoms with E-state index in [4.69, 9.17) is 0 Å². The average Bonchev–Trinajstić information content (AvgIpc) is 2.12. The first kappa shape index (κ1) is 12.7. The highest BCUT2D eigenvalue weighted by molar-refractivity contribution is 4.85. The van der Waals surface area contributed by atoms with Crippen molar-refractivity contribution in [3.8, 4) is 0 Å². The molecular weight excluding hydrogens is 156 g/mol. The van der Waals surface area contributed by atoms with Gasteiger partial charge in [0.1, 0.15) is 0 Å². The van der Waals surface area contributed by atoms with Crippen molar-refractivity contribution < 1.29 is 0 Å². The van der Waals surface area contributed by atoms with E-state index in [1.54, 1.807) is 0 Å². The first-order valence-corrected chi connectivity index (χ1v) is 5.85. The van der Waals surface area contributed by atoms with Crippen molar-refractivity contribution in [2.45, 2.75) is 59.8 Å². The molecule has 78 valence electrons. The van der Waals surface area contributed by atoms with Crippen molar-refractivity contribution in [1.29, 1.82) is 0 Å². The molecule has 0 aliphatic rings. The van der Waals surface area contributed by atoms with Gasteiger partial charge >= 0.3 is 0 Å². The maximum Gasteiger partial charge on any atom is -0.0236 e. The molecule has 13 heavy (non-hydrogen) atoms. The lowest BCUT2D eigenvalue weighted by Crippen LogP contribution is -2.04. The summed E-state index contributed by atoms with van der Waals surface area (Å²) in [6.45, 7) is 9.08. The molecule has 0 amide bonds. The maximum absolute atomic E-state index is 2.37. The molecule has 0 aliphatic heterocycles. The van der Waals surface area contributed by atoms with Gasteiger partial charge in [-0.2, -0.15) is 0 Å². The van der Waals surface area contributed by atoms with E-state index in [0.29, 0.717) is 0 Å². The van der Waals surface area contributed by atoms with Gasteiger partial charge in [0.05, 0.1) is 0 Å². The van der Waals surface area contributed by atoms with Gasteiger partial charge in [-0.05, 0) is 18.8 Å². The minimum Gasteiger partial charge on any atom is -0.0914 e. The number of rotatable bonds is 7. The molecule has 0 unspecified atom stereocenters. The quantitative estimate of drug-likeness (QED) is 0.392. The Labute approximate surface area is 84.4 Å². The van der Waals surface area contributed by atoms with E-state index in [9.17, 15) is 0 Å². The third kappa shape index (κ3) is 6.86. The highest BCUT2D eigenvalue weighted by atomic mass is 14.1. The number of hydrogen-bond donors (Lipinski definition) is 0. The van der Waals surface area contributed by atoms with Gasteiger partial charge in [0.25, 0.3) is 0 Å². The lowest BCUT2D eigenvalue weighted by atomic mass is 9.90. The summed E-state index contributed by atoms with van der Waals surface area (Å²) in [5.74, 6) is 1.61. The minimum atomic E-state index is 0.756. The maximum atomic E-state index is 2.37. The molecular formula is C13H26. The Morgan fingerprint density at radius 3 is 2.31 bits per heavy atom. The SMILES string of the molecule is C/C=C/[C@@H](C)[C@@H](C)CCCCCC. The van der Waals surface area contributed by atoms with Gasteiger partial charge in [0.15, 0.2) is 0 Å². The van der Waals surface area contributed by atoms with E-state index in [1.165, 1.54) is 32.1 Å². The van der Waals surface area contributed by atoms with Crippen LogP contribution in [0.25, 0.3) is 0 Å². The Morgan fingerprint density at radius 1 is 1.08 bits per heavy atom. The Morgan fingerprint density at radius 2 is 1.77 bits per heavy atom. The monoisotopic (exact) mass is 182 g/mol. The van der Waals surface area contributed by atoms with Crippen LogP contribution in [0.1, 0.15) is 59.8 Å². The zero-order valence-electron chi connectivity index (χ0n) is 9.84. The summed E-state index contributed by atoms with van der Waals surface area (Å²) in [5, 5.41) is 0. The molecule has 2 atom stereocenters. The van der Waals surface area contributed by atoms with Gasteiger partial charge in [-0.25, -0.2) is 0 Å². The van der Waals surface area contributed by atoms with Crippen molar-refractivity contribution in [3.05, 3.63) is 12.2 Å². The van der Waals surface area contributed by atoms with Crippen LogP contribution in [0.5, 0.6) is 0 Å². The number of hydrogen-bond acceptors (Lipinski definition) is 0. The first-order chi connectivity index (χ1) is 6.22. The van der Waals surface area contributed by atoms with E-state index < -0.39 is 0 Å². The molecule has 0 heteroatoms. The lowest BCUT2D eigenvalue weighted by Gasteiger charge is -2.15. The fourth-order valence-corrected chi connectivity index (χ4v) is 1.65. The van der Waals surface area contributed by atoms with Gasteiger partial charge in [-0.15, -0.1) is 0 Å². The summed E-state index contributed by atoms with van der Waals surface area (Å²) in [6, 6.07) is 0. The number of unbranched alkanes of at least 4 members (excludes halogenated alkanes) is 3. The first-order valence-electron chi connectivity index (χ1n) is 5.85. The molecule has 0 aliphatic carbocycles. The Hall–Kier alpha value is -0.260. The standard InChI is InChI=1S/C13H26/c1-5-7-8-9-11-13(4)12(3)10-6-2/h6,10,12-13H,5,7-9,11H2,1-4H3/b10-6+/t12-,13+/m1/s1. The van der Waals surface area contributed by atoms with Gasteiger partial charge in [0.2, 0.25) is 0 Å². The van der Waals surface area contributed by atoms with Crippen LogP contribution in [0, 0.1) is 11.8 Å². The molecule has 0 nitrogen and oxygen atoms in total. The minimum absolute atomic E-state index is 0.756. The summed E-state index contributed by atoms with van der Waals surface area (Å²) >= 11 is 0. The Kier molecular flexibility index (Phi) is 8.18. The Balaban J connectivity index is 3.43. The normalized spacial score (nSPS) is 16.3. The second-order valence-corrected chi connectivity index (χ2v) is 4.21. The summed E-state index contributed by atoms with van der Waals surface area (Å²) < 4.78 is 0. The molecule has 0 rings (SSSR count). The molecule has 0 aromatic rings. The van der Waals surface area contributed by atoms with Crippen molar-refractivity contribution in [3.63, 3.8) is 0 Å². The van der Waals surface area contributed by atoms with Crippen molar-refractivity contribution in [2.75, 3.05) is 0 Å². The van der Waals surface area contributed by atoms with Crippen molar-refractivity contribution >= 4 is 0 Å². The van der Waals surface area contributed by atoms with Crippen LogP contribution in [0.4, 0.5) is 0 Å². The van der Waals surface area contributed by atoms with Crippen LogP contribution in [-0.2, 0) is 0 Å². The van der Waals surface area contributed by atoms with Crippen LogP contribution >= 0.6 is 0 Å². The largest absolute Gasteiger partial charge is 0.0914 e. The molecule has 0 aromatic heterocycles. The van der Waals surface area contributed by atoms with Crippen LogP contribution in [0.3, 0.4) is 0 Å².